The van der Waals surface area contributed by atoms with E-state index in [2.05, 4.69) is 20.8 Å². The smallest absolute Gasteiger partial charge is 0.302 e. The zero-order valence-corrected chi connectivity index (χ0v) is 23.6. The van der Waals surface area contributed by atoms with E-state index in [1.165, 1.54) is 25.7 Å². The SMILES string of the molecule is CCCCCCCCOP(=O)(OCCCCCCCC)OP(=O)(O)OCC(CC)CCCC. The molecule has 0 spiro atoms. The molecule has 0 aromatic heterocycles. The van der Waals surface area contributed by atoms with E-state index in [0.717, 1.165) is 64.2 Å². The average Bonchev–Trinajstić information content (AvgIpc) is 2.77. The predicted octanol–water partition coefficient (Wildman–Crippen LogP) is 9.20. The first-order chi connectivity index (χ1) is 15.8. The summed E-state index contributed by atoms with van der Waals surface area (Å²) in [5.41, 5.74) is 0. The first-order valence-electron chi connectivity index (χ1n) is 13.4. The molecule has 0 fully saturated rings. The number of hydrogen-bond acceptors (Lipinski definition) is 6. The topological polar surface area (TPSA) is 91.3 Å². The fraction of sp³-hybridized carbons (Fsp3) is 1.00. The average molecular weight is 515 g/mol. The molecule has 0 bridgehead atoms. The minimum absolute atomic E-state index is 0.0825. The highest BCUT2D eigenvalue weighted by molar-refractivity contribution is 7.61. The summed E-state index contributed by atoms with van der Waals surface area (Å²) in [4.78, 5) is 10.2. The summed E-state index contributed by atoms with van der Waals surface area (Å²) in [5, 5.41) is 0. The summed E-state index contributed by atoms with van der Waals surface area (Å²) in [7, 11) is -8.76. The lowest BCUT2D eigenvalue weighted by molar-refractivity contribution is 0.115. The maximum atomic E-state index is 13.1. The molecule has 9 heteroatoms. The highest BCUT2D eigenvalue weighted by Gasteiger charge is 2.38. The zero-order valence-electron chi connectivity index (χ0n) is 21.8. The Hall–Kier alpha value is 0.260. The van der Waals surface area contributed by atoms with Crippen LogP contribution >= 0.6 is 15.6 Å². The van der Waals surface area contributed by atoms with Gasteiger partial charge < -0.3 is 4.89 Å². The fourth-order valence-electron chi connectivity index (χ4n) is 3.45. The molecule has 0 aliphatic heterocycles. The molecule has 0 aliphatic rings. The maximum Gasteiger partial charge on any atom is 0.483 e. The Morgan fingerprint density at radius 3 is 1.55 bits per heavy atom. The van der Waals surface area contributed by atoms with Crippen LogP contribution in [-0.2, 0) is 27.0 Å². The van der Waals surface area contributed by atoms with E-state index in [-0.39, 0.29) is 25.7 Å². The zero-order chi connectivity index (χ0) is 24.8. The Balaban J connectivity index is 4.68. The van der Waals surface area contributed by atoms with Crippen LogP contribution in [-0.4, -0.2) is 24.7 Å². The molecule has 0 aromatic carbocycles. The van der Waals surface area contributed by atoms with Gasteiger partial charge in [0.25, 0.3) is 0 Å². The van der Waals surface area contributed by atoms with Crippen LogP contribution in [0, 0.1) is 5.92 Å². The van der Waals surface area contributed by atoms with Crippen LogP contribution in [0.3, 0.4) is 0 Å². The van der Waals surface area contributed by atoms with Gasteiger partial charge in [-0.1, -0.05) is 111 Å². The van der Waals surface area contributed by atoms with E-state index >= 15 is 0 Å². The Morgan fingerprint density at radius 2 is 1.09 bits per heavy atom. The van der Waals surface area contributed by atoms with Crippen molar-refractivity contribution in [3.8, 4) is 0 Å². The third-order valence-electron chi connectivity index (χ3n) is 5.71. The summed E-state index contributed by atoms with van der Waals surface area (Å²) in [5.74, 6) is 0.154. The molecule has 1 N–H and O–H groups in total. The Bertz CT molecular complexity index is 509. The summed E-state index contributed by atoms with van der Waals surface area (Å²) < 4.78 is 46.6. The van der Waals surface area contributed by atoms with E-state index in [1.54, 1.807) is 0 Å². The largest absolute Gasteiger partial charge is 0.483 e. The van der Waals surface area contributed by atoms with Gasteiger partial charge in [-0.05, 0) is 25.2 Å². The summed E-state index contributed by atoms with van der Waals surface area (Å²) >= 11 is 0. The van der Waals surface area contributed by atoms with Crippen molar-refractivity contribution in [1.29, 1.82) is 0 Å². The van der Waals surface area contributed by atoms with E-state index in [1.807, 2.05) is 6.92 Å². The molecule has 2 atom stereocenters. The Labute approximate surface area is 203 Å². The van der Waals surface area contributed by atoms with Crippen molar-refractivity contribution in [2.75, 3.05) is 19.8 Å². The molecule has 2 unspecified atom stereocenters. The molecule has 0 rings (SSSR count). The van der Waals surface area contributed by atoms with Gasteiger partial charge in [0, 0.05) is 0 Å². The van der Waals surface area contributed by atoms with Crippen molar-refractivity contribution < 1.29 is 31.9 Å². The van der Waals surface area contributed by atoms with E-state index < -0.39 is 15.6 Å². The standard InChI is InChI=1S/C24H52O7P2/c1-5-9-12-14-16-18-21-28-33(27,29-22-19-17-15-13-10-6-2)31-32(25,26)30-23-24(8-4)20-11-7-3/h24H,5-23H2,1-4H3,(H,25,26). The molecule has 0 aliphatic carbocycles. The van der Waals surface area contributed by atoms with Gasteiger partial charge in [0.15, 0.2) is 0 Å². The van der Waals surface area contributed by atoms with Gasteiger partial charge >= 0.3 is 15.6 Å². The molecule has 0 radical (unpaired) electrons. The van der Waals surface area contributed by atoms with E-state index in [9.17, 15) is 14.0 Å². The third kappa shape index (κ3) is 20.2. The minimum Gasteiger partial charge on any atom is -0.302 e. The third-order valence-corrected chi connectivity index (χ3v) is 8.81. The number of hydrogen-bond donors (Lipinski definition) is 1. The van der Waals surface area contributed by atoms with Gasteiger partial charge in [-0.3, -0.25) is 13.6 Å². The molecule has 0 aromatic rings. The highest BCUT2D eigenvalue weighted by Crippen LogP contribution is 2.63. The van der Waals surface area contributed by atoms with Crippen LogP contribution in [0.1, 0.15) is 130 Å². The highest BCUT2D eigenvalue weighted by atomic mass is 31.3. The van der Waals surface area contributed by atoms with Crippen LogP contribution in [0.2, 0.25) is 0 Å². The van der Waals surface area contributed by atoms with Crippen molar-refractivity contribution in [1.82, 2.24) is 0 Å². The van der Waals surface area contributed by atoms with Crippen LogP contribution in [0.5, 0.6) is 0 Å². The Morgan fingerprint density at radius 1 is 0.636 bits per heavy atom. The number of rotatable bonds is 25. The normalized spacial score (nSPS) is 14.9. The summed E-state index contributed by atoms with van der Waals surface area (Å²) in [6.07, 6.45) is 16.3. The van der Waals surface area contributed by atoms with Crippen LogP contribution in [0.25, 0.3) is 0 Å². The number of phosphoric ester groups is 2. The van der Waals surface area contributed by atoms with Gasteiger partial charge in [-0.15, -0.1) is 0 Å². The lowest BCUT2D eigenvalue weighted by Crippen LogP contribution is -2.09. The van der Waals surface area contributed by atoms with Crippen LogP contribution < -0.4 is 0 Å². The van der Waals surface area contributed by atoms with Gasteiger partial charge in [0.1, 0.15) is 0 Å². The molecule has 7 nitrogen and oxygen atoms in total. The van der Waals surface area contributed by atoms with Crippen LogP contribution in [0.4, 0.5) is 0 Å². The molecule has 0 heterocycles. The second-order valence-electron chi connectivity index (χ2n) is 8.91. The first-order valence-corrected chi connectivity index (χ1v) is 16.4. The quantitative estimate of drug-likeness (QED) is 0.0959. The molecular weight excluding hydrogens is 462 g/mol. The van der Waals surface area contributed by atoms with E-state index in [4.69, 9.17) is 17.9 Å². The van der Waals surface area contributed by atoms with Crippen molar-refractivity contribution in [2.24, 2.45) is 5.92 Å². The van der Waals surface area contributed by atoms with Gasteiger partial charge in [0.2, 0.25) is 0 Å². The Kier molecular flexibility index (Phi) is 21.7. The fourth-order valence-corrected chi connectivity index (χ4v) is 6.21. The van der Waals surface area contributed by atoms with Gasteiger partial charge in [0.05, 0.1) is 19.8 Å². The predicted molar refractivity (Wildman–Crippen MR) is 136 cm³/mol. The van der Waals surface area contributed by atoms with Crippen molar-refractivity contribution >= 4 is 15.6 Å². The second kappa shape index (κ2) is 21.5. The van der Waals surface area contributed by atoms with Gasteiger partial charge in [-0.25, -0.2) is 9.13 Å². The molecule has 33 heavy (non-hydrogen) atoms. The summed E-state index contributed by atoms with van der Waals surface area (Å²) in [6, 6.07) is 0. The van der Waals surface area contributed by atoms with Crippen molar-refractivity contribution in [3.05, 3.63) is 0 Å². The molecular formula is C24H52O7P2. The number of phosphoric acid groups is 2. The minimum atomic E-state index is -4.57. The monoisotopic (exact) mass is 514 g/mol. The molecule has 0 amide bonds. The summed E-state index contributed by atoms with van der Waals surface area (Å²) in [6.45, 7) is 8.86. The first kappa shape index (κ1) is 33.3. The maximum absolute atomic E-state index is 13.1. The number of unbranched alkanes of at least 4 members (excludes halogenated alkanes) is 11. The lowest BCUT2D eigenvalue weighted by Gasteiger charge is -2.22. The molecule has 200 valence electrons. The molecule has 0 saturated carbocycles. The van der Waals surface area contributed by atoms with Crippen molar-refractivity contribution in [2.45, 2.75) is 130 Å². The lowest BCUT2D eigenvalue weighted by atomic mass is 10.0. The van der Waals surface area contributed by atoms with Crippen LogP contribution in [0.15, 0.2) is 0 Å². The van der Waals surface area contributed by atoms with Crippen molar-refractivity contribution in [3.63, 3.8) is 0 Å². The second-order valence-corrected chi connectivity index (χ2v) is 12.2. The van der Waals surface area contributed by atoms with Gasteiger partial charge in [-0.2, -0.15) is 4.31 Å². The molecule has 0 saturated heterocycles. The van der Waals surface area contributed by atoms with E-state index in [0.29, 0.717) is 12.8 Å².